The Hall–Kier alpha value is -1.17. The first-order valence-corrected chi connectivity index (χ1v) is 6.71. The van der Waals surface area contributed by atoms with E-state index in [2.05, 4.69) is 5.32 Å². The van der Waals surface area contributed by atoms with Gasteiger partial charge in [0.1, 0.15) is 6.17 Å². The van der Waals surface area contributed by atoms with Gasteiger partial charge < -0.3 is 14.9 Å². The van der Waals surface area contributed by atoms with Gasteiger partial charge in [0.2, 0.25) is 5.91 Å². The average Bonchev–Trinajstić information content (AvgIpc) is 2.30. The molecular weight excluding hydrogens is 251 g/mol. The summed E-state index contributed by atoms with van der Waals surface area (Å²) < 4.78 is 13.3. The van der Waals surface area contributed by atoms with Crippen molar-refractivity contribution < 1.29 is 23.6 Å². The molecule has 0 aliphatic rings. The van der Waals surface area contributed by atoms with Gasteiger partial charge in [-0.15, -0.1) is 0 Å². The van der Waals surface area contributed by atoms with E-state index in [9.17, 15) is 14.0 Å². The van der Waals surface area contributed by atoms with Gasteiger partial charge in [-0.25, -0.2) is 9.18 Å². The highest BCUT2D eigenvalue weighted by Gasteiger charge is 2.18. The lowest BCUT2D eigenvalue weighted by Crippen LogP contribution is -2.45. The molecule has 0 saturated carbocycles. The lowest BCUT2D eigenvalue weighted by Gasteiger charge is -2.27. The van der Waals surface area contributed by atoms with Crippen molar-refractivity contribution in [2.45, 2.75) is 38.8 Å². The monoisotopic (exact) mass is 277 g/mol. The van der Waals surface area contributed by atoms with Gasteiger partial charge in [0, 0.05) is 19.4 Å². The third-order valence-electron chi connectivity index (χ3n) is 2.95. The number of hydrogen-bond donors (Lipinski definition) is 2. The number of carbonyl (C=O) groups is 2. The van der Waals surface area contributed by atoms with Crippen molar-refractivity contribution in [1.29, 1.82) is 0 Å². The number of aliphatic carboxylic acids is 1. The van der Waals surface area contributed by atoms with Gasteiger partial charge in [-0.05, 0) is 12.8 Å². The molecule has 0 radical (unpaired) electrons. The summed E-state index contributed by atoms with van der Waals surface area (Å²) in [7, 11) is 3.68. The average molecular weight is 277 g/mol. The summed E-state index contributed by atoms with van der Waals surface area (Å²) >= 11 is 0. The Labute approximate surface area is 114 Å². The number of hydrogen-bond acceptors (Lipinski definition) is 2. The molecule has 2 N–H and O–H groups in total. The largest absolute Gasteiger partial charge is 0.477 e. The summed E-state index contributed by atoms with van der Waals surface area (Å²) in [4.78, 5) is 22.0. The van der Waals surface area contributed by atoms with E-state index in [-0.39, 0.29) is 25.3 Å². The molecule has 0 fully saturated rings. The van der Waals surface area contributed by atoms with Crippen LogP contribution in [0.15, 0.2) is 0 Å². The van der Waals surface area contributed by atoms with Gasteiger partial charge in [-0.1, -0.05) is 6.92 Å². The van der Waals surface area contributed by atoms with E-state index in [1.807, 2.05) is 14.1 Å². The van der Waals surface area contributed by atoms with Gasteiger partial charge in [0.25, 0.3) is 0 Å². The minimum atomic E-state index is -0.906. The van der Waals surface area contributed by atoms with Crippen LogP contribution in [0.1, 0.15) is 32.6 Å². The topological polar surface area (TPSA) is 66.4 Å². The third-order valence-corrected chi connectivity index (χ3v) is 2.95. The fourth-order valence-electron chi connectivity index (χ4n) is 1.76. The molecule has 0 saturated heterocycles. The summed E-state index contributed by atoms with van der Waals surface area (Å²) in [5.41, 5.74) is 0. The Balaban J connectivity index is 3.68. The molecule has 1 amide bonds. The Morgan fingerprint density at radius 2 is 2.00 bits per heavy atom. The van der Waals surface area contributed by atoms with Crippen LogP contribution in [-0.4, -0.2) is 61.4 Å². The molecule has 0 rings (SSSR count). The van der Waals surface area contributed by atoms with Crippen LogP contribution in [0.2, 0.25) is 0 Å². The van der Waals surface area contributed by atoms with Crippen molar-refractivity contribution in [3.63, 3.8) is 0 Å². The number of amides is 1. The molecule has 0 aromatic carbocycles. The highest BCUT2D eigenvalue weighted by Crippen LogP contribution is 2.05. The van der Waals surface area contributed by atoms with E-state index in [1.165, 1.54) is 0 Å². The molecular formula is C13H26FN2O3+. The van der Waals surface area contributed by atoms with Crippen molar-refractivity contribution in [3.8, 4) is 0 Å². The first-order valence-electron chi connectivity index (χ1n) is 6.71. The number of alkyl halides is 1. The fourth-order valence-corrected chi connectivity index (χ4v) is 1.76. The number of quaternary nitrogens is 1. The van der Waals surface area contributed by atoms with Gasteiger partial charge in [-0.3, -0.25) is 4.79 Å². The number of carboxylic acids is 1. The molecule has 1 unspecified atom stereocenters. The molecule has 0 aromatic rings. The first kappa shape index (κ1) is 17.8. The minimum absolute atomic E-state index is 0.0635. The maximum Gasteiger partial charge on any atom is 0.359 e. The van der Waals surface area contributed by atoms with E-state index in [0.29, 0.717) is 30.4 Å². The number of carboxylic acid groups (broad SMARTS) is 1. The van der Waals surface area contributed by atoms with Gasteiger partial charge in [-0.2, -0.15) is 0 Å². The van der Waals surface area contributed by atoms with Crippen LogP contribution in [0, 0.1) is 0 Å². The van der Waals surface area contributed by atoms with Crippen molar-refractivity contribution in [3.05, 3.63) is 0 Å². The van der Waals surface area contributed by atoms with E-state index in [1.54, 1.807) is 6.92 Å². The maximum atomic E-state index is 12.9. The molecule has 5 nitrogen and oxygen atoms in total. The Morgan fingerprint density at radius 1 is 1.37 bits per heavy atom. The van der Waals surface area contributed by atoms with Crippen LogP contribution in [0.3, 0.4) is 0 Å². The second-order valence-electron chi connectivity index (χ2n) is 5.46. The van der Waals surface area contributed by atoms with Crippen LogP contribution >= 0.6 is 0 Å². The van der Waals surface area contributed by atoms with Crippen molar-refractivity contribution in [2.75, 3.05) is 33.7 Å². The maximum absolute atomic E-state index is 12.9. The molecule has 1 atom stereocenters. The first-order chi connectivity index (χ1) is 8.76. The standard InChI is InChI=1S/C13H25FN2O3/c1-4-11(14)6-7-12(17)15-8-5-9-16(2,3)10-13(18)19/h11H,4-10H2,1-3H3,(H-,15,17,18,19)/p+1. The summed E-state index contributed by atoms with van der Waals surface area (Å²) in [6.07, 6.45) is 0.718. The lowest BCUT2D eigenvalue weighted by molar-refractivity contribution is -0.883. The van der Waals surface area contributed by atoms with E-state index < -0.39 is 12.1 Å². The Kier molecular flexibility index (Phi) is 8.30. The quantitative estimate of drug-likeness (QED) is 0.465. The normalized spacial score (nSPS) is 13.1. The minimum Gasteiger partial charge on any atom is -0.477 e. The van der Waals surface area contributed by atoms with E-state index in [0.717, 1.165) is 0 Å². The van der Waals surface area contributed by atoms with E-state index in [4.69, 9.17) is 5.11 Å². The summed E-state index contributed by atoms with van der Waals surface area (Å²) in [5, 5.41) is 11.4. The SMILES string of the molecule is CCC(F)CCC(=O)NCCC[N+](C)(C)CC(=O)O. The zero-order chi connectivity index (χ0) is 14.9. The summed E-state index contributed by atoms with van der Waals surface area (Å²) in [5.74, 6) is -0.970. The van der Waals surface area contributed by atoms with Crippen molar-refractivity contribution in [1.82, 2.24) is 5.32 Å². The van der Waals surface area contributed by atoms with Gasteiger partial charge >= 0.3 is 5.97 Å². The third kappa shape index (κ3) is 10.4. The van der Waals surface area contributed by atoms with Crippen LogP contribution in [0.5, 0.6) is 0 Å². The highest BCUT2D eigenvalue weighted by atomic mass is 19.1. The smallest absolute Gasteiger partial charge is 0.359 e. The number of nitrogens with one attached hydrogen (secondary N) is 1. The number of rotatable bonds is 10. The zero-order valence-corrected chi connectivity index (χ0v) is 12.1. The van der Waals surface area contributed by atoms with E-state index >= 15 is 0 Å². The van der Waals surface area contributed by atoms with Gasteiger partial charge in [0.05, 0.1) is 20.6 Å². The molecule has 0 heterocycles. The van der Waals surface area contributed by atoms with Crippen LogP contribution in [-0.2, 0) is 9.59 Å². The number of halogens is 1. The molecule has 6 heteroatoms. The highest BCUT2D eigenvalue weighted by molar-refractivity contribution is 5.75. The lowest BCUT2D eigenvalue weighted by atomic mass is 10.1. The van der Waals surface area contributed by atoms with Crippen molar-refractivity contribution >= 4 is 11.9 Å². The van der Waals surface area contributed by atoms with Crippen LogP contribution < -0.4 is 5.32 Å². The predicted molar refractivity (Wildman–Crippen MR) is 71.5 cm³/mol. The molecule has 0 aliphatic heterocycles. The number of carbonyl (C=O) groups excluding carboxylic acids is 1. The number of likely N-dealkylation sites (N-methyl/N-ethyl adjacent to an activating group) is 1. The van der Waals surface area contributed by atoms with Crippen LogP contribution in [0.4, 0.5) is 4.39 Å². The molecule has 112 valence electrons. The second kappa shape index (κ2) is 8.85. The summed E-state index contributed by atoms with van der Waals surface area (Å²) in [6.45, 7) is 3.00. The zero-order valence-electron chi connectivity index (χ0n) is 12.1. The van der Waals surface area contributed by atoms with Crippen LogP contribution in [0.25, 0.3) is 0 Å². The molecule has 19 heavy (non-hydrogen) atoms. The molecule has 0 aliphatic carbocycles. The fraction of sp³-hybridized carbons (Fsp3) is 0.846. The Bertz CT molecular complexity index is 296. The molecule has 0 spiro atoms. The second-order valence-corrected chi connectivity index (χ2v) is 5.46. The molecule has 0 bridgehead atoms. The van der Waals surface area contributed by atoms with Gasteiger partial charge in [0.15, 0.2) is 6.54 Å². The number of nitrogens with zero attached hydrogens (tertiary/aromatic N) is 1. The predicted octanol–water partition coefficient (Wildman–Crippen LogP) is 1.18. The Morgan fingerprint density at radius 3 is 2.53 bits per heavy atom. The molecule has 0 aromatic heterocycles. The van der Waals surface area contributed by atoms with Crippen molar-refractivity contribution in [2.24, 2.45) is 0 Å². The summed E-state index contributed by atoms with van der Waals surface area (Å²) in [6, 6.07) is 0.